The molecule has 0 spiro atoms. The largest absolute Gasteiger partial charge is 0.494 e. The first kappa shape index (κ1) is 22.5. The number of para-hydroxylation sites is 2. The summed E-state index contributed by atoms with van der Waals surface area (Å²) < 4.78 is 19.0. The molecule has 0 N–H and O–H groups in total. The summed E-state index contributed by atoms with van der Waals surface area (Å²) in [5, 5.41) is 0. The van der Waals surface area contributed by atoms with Crippen LogP contribution in [0.15, 0.2) is 72.8 Å². The maximum Gasteiger partial charge on any atom is 0.258 e. The maximum atomic E-state index is 13.9. The highest BCUT2D eigenvalue weighted by Gasteiger charge is 2.38. The number of anilines is 2. The van der Waals surface area contributed by atoms with Gasteiger partial charge in [-0.05, 0) is 55.3 Å². The van der Waals surface area contributed by atoms with Crippen molar-refractivity contribution in [3.05, 3.63) is 89.7 Å². The van der Waals surface area contributed by atoms with Crippen LogP contribution in [0.1, 0.15) is 48.7 Å². The molecule has 1 unspecified atom stereocenters. The third kappa shape index (κ3) is 4.21. The number of fused-ring (bicyclic) bond motifs is 1. The van der Waals surface area contributed by atoms with Gasteiger partial charge in [0.2, 0.25) is 5.91 Å². The highest BCUT2D eigenvalue weighted by Crippen LogP contribution is 2.43. The lowest BCUT2D eigenvalue weighted by Crippen LogP contribution is -2.47. The molecule has 3 aromatic carbocycles. The van der Waals surface area contributed by atoms with Crippen molar-refractivity contribution in [2.45, 2.75) is 38.8 Å². The molecule has 1 aliphatic heterocycles. The summed E-state index contributed by atoms with van der Waals surface area (Å²) in [5.74, 6) is -0.700. The average molecular weight is 447 g/mol. The lowest BCUT2D eigenvalue weighted by molar-refractivity contribution is -0.118. The number of methoxy groups -OCH3 is 1. The normalized spacial score (nSPS) is 17.3. The second kappa shape index (κ2) is 9.45. The summed E-state index contributed by atoms with van der Waals surface area (Å²) in [5.41, 5.74) is 2.83. The van der Waals surface area contributed by atoms with Gasteiger partial charge >= 0.3 is 0 Å². The molecule has 0 saturated carbocycles. The number of nitrogens with zero attached hydrogens (tertiary/aromatic N) is 2. The first-order valence-corrected chi connectivity index (χ1v) is 11.1. The number of hydrogen-bond donors (Lipinski definition) is 0. The Balaban J connectivity index is 1.78. The number of ether oxygens (including phenoxy) is 1. The highest BCUT2D eigenvalue weighted by atomic mass is 19.1. The Morgan fingerprint density at radius 3 is 2.45 bits per heavy atom. The molecule has 5 nitrogen and oxygen atoms in total. The molecule has 0 saturated heterocycles. The third-order valence-electron chi connectivity index (χ3n) is 6.09. The number of hydrogen-bond acceptors (Lipinski definition) is 3. The summed E-state index contributed by atoms with van der Waals surface area (Å²) in [6.07, 6.45) is 0.946. The minimum Gasteiger partial charge on any atom is -0.494 e. The molecule has 1 aliphatic rings. The van der Waals surface area contributed by atoms with E-state index in [0.29, 0.717) is 18.4 Å². The van der Waals surface area contributed by atoms with Crippen molar-refractivity contribution in [2.24, 2.45) is 0 Å². The molecule has 0 aliphatic carbocycles. The number of amides is 2. The molecule has 2 atom stereocenters. The van der Waals surface area contributed by atoms with Crippen LogP contribution >= 0.6 is 0 Å². The van der Waals surface area contributed by atoms with Gasteiger partial charge < -0.3 is 14.5 Å². The average Bonchev–Trinajstić information content (AvgIpc) is 2.84. The number of rotatable bonds is 5. The van der Waals surface area contributed by atoms with Crippen LogP contribution in [0.5, 0.6) is 5.75 Å². The smallest absolute Gasteiger partial charge is 0.258 e. The molecule has 4 rings (SSSR count). The van der Waals surface area contributed by atoms with Gasteiger partial charge in [0, 0.05) is 29.4 Å². The molecule has 0 fully saturated rings. The molecule has 0 radical (unpaired) electrons. The summed E-state index contributed by atoms with van der Waals surface area (Å²) in [7, 11) is 1.37. The first-order chi connectivity index (χ1) is 16.0. The molecule has 1 heterocycles. The lowest BCUT2D eigenvalue weighted by atomic mass is 9.89. The molecule has 0 aromatic heterocycles. The predicted molar refractivity (Wildman–Crippen MR) is 127 cm³/mol. The topological polar surface area (TPSA) is 49.9 Å². The van der Waals surface area contributed by atoms with E-state index in [0.717, 1.165) is 16.9 Å². The first-order valence-electron chi connectivity index (χ1n) is 11.1. The zero-order valence-electron chi connectivity index (χ0n) is 19.0. The van der Waals surface area contributed by atoms with Crippen molar-refractivity contribution in [2.75, 3.05) is 16.9 Å². The van der Waals surface area contributed by atoms with Crippen LogP contribution in [-0.4, -0.2) is 25.0 Å². The van der Waals surface area contributed by atoms with Gasteiger partial charge in [0.1, 0.15) is 0 Å². The second-order valence-electron chi connectivity index (χ2n) is 8.14. The molecule has 170 valence electrons. The Kier molecular flexibility index (Phi) is 6.45. The fraction of sp³-hybridized carbons (Fsp3) is 0.259. The van der Waals surface area contributed by atoms with Gasteiger partial charge in [0.15, 0.2) is 11.6 Å². The van der Waals surface area contributed by atoms with E-state index in [9.17, 15) is 14.0 Å². The minimum atomic E-state index is -0.516. The Labute approximate surface area is 193 Å². The van der Waals surface area contributed by atoms with Gasteiger partial charge in [0.05, 0.1) is 13.2 Å². The van der Waals surface area contributed by atoms with Crippen LogP contribution in [0.4, 0.5) is 15.8 Å². The monoisotopic (exact) mass is 446 g/mol. The fourth-order valence-corrected chi connectivity index (χ4v) is 4.52. The van der Waals surface area contributed by atoms with Gasteiger partial charge in [0.25, 0.3) is 5.91 Å². The van der Waals surface area contributed by atoms with Crippen molar-refractivity contribution in [3.63, 3.8) is 0 Å². The van der Waals surface area contributed by atoms with Crippen LogP contribution in [0.2, 0.25) is 0 Å². The zero-order chi connectivity index (χ0) is 23.5. The lowest BCUT2D eigenvalue weighted by Gasteiger charge is -2.43. The number of carbonyl (C=O) groups excluding carboxylic acids is 2. The van der Waals surface area contributed by atoms with Gasteiger partial charge in [-0.3, -0.25) is 9.59 Å². The van der Waals surface area contributed by atoms with Crippen molar-refractivity contribution >= 4 is 23.2 Å². The quantitative estimate of drug-likeness (QED) is 0.501. The molecule has 2 amide bonds. The summed E-state index contributed by atoms with van der Waals surface area (Å²) in [6.45, 7) is 3.83. The van der Waals surface area contributed by atoms with E-state index < -0.39 is 5.82 Å². The van der Waals surface area contributed by atoms with E-state index in [1.807, 2.05) is 73.3 Å². The Hall–Kier alpha value is -3.67. The summed E-state index contributed by atoms with van der Waals surface area (Å²) >= 11 is 0. The van der Waals surface area contributed by atoms with E-state index in [1.165, 1.54) is 25.3 Å². The molecule has 6 heteroatoms. The predicted octanol–water partition coefficient (Wildman–Crippen LogP) is 5.76. The number of carbonyl (C=O) groups is 2. The van der Waals surface area contributed by atoms with Crippen LogP contribution in [0.25, 0.3) is 0 Å². The zero-order valence-corrected chi connectivity index (χ0v) is 19.0. The molecule has 3 aromatic rings. The highest BCUT2D eigenvalue weighted by molar-refractivity contribution is 6.08. The van der Waals surface area contributed by atoms with E-state index in [1.54, 1.807) is 4.90 Å². The van der Waals surface area contributed by atoms with Crippen LogP contribution < -0.4 is 14.5 Å². The van der Waals surface area contributed by atoms with Crippen LogP contribution in [0.3, 0.4) is 0 Å². The fourth-order valence-electron chi connectivity index (χ4n) is 4.52. The Morgan fingerprint density at radius 2 is 1.76 bits per heavy atom. The van der Waals surface area contributed by atoms with Crippen LogP contribution in [0, 0.1) is 5.82 Å². The van der Waals surface area contributed by atoms with E-state index >= 15 is 0 Å². The third-order valence-corrected chi connectivity index (χ3v) is 6.09. The van der Waals surface area contributed by atoms with E-state index in [-0.39, 0.29) is 29.6 Å². The van der Waals surface area contributed by atoms with Crippen LogP contribution in [-0.2, 0) is 4.79 Å². The van der Waals surface area contributed by atoms with Crippen molar-refractivity contribution in [3.8, 4) is 5.75 Å². The SMILES string of the molecule is CCC(=O)N(c1ccccc1)[C@H]1CC(C)N(C(=O)c2ccc(F)c(OC)c2)c2ccccc21. The Morgan fingerprint density at radius 1 is 1.06 bits per heavy atom. The summed E-state index contributed by atoms with van der Waals surface area (Å²) in [4.78, 5) is 30.2. The number of benzene rings is 3. The molecule has 0 bridgehead atoms. The standard InChI is InChI=1S/C27H27FN2O3/c1-4-26(31)30(20-10-6-5-7-11-20)24-16-18(2)29(23-13-9-8-12-21(23)24)27(32)19-14-15-22(28)25(17-19)33-3/h5-15,17-18,24H,4,16H2,1-3H3/t18?,24-/m0/s1. The second-order valence-corrected chi connectivity index (χ2v) is 8.14. The number of halogens is 1. The van der Waals surface area contributed by atoms with Gasteiger partial charge in [-0.1, -0.05) is 43.3 Å². The van der Waals surface area contributed by atoms with Crippen molar-refractivity contribution in [1.82, 2.24) is 0 Å². The molecular weight excluding hydrogens is 419 g/mol. The van der Waals surface area contributed by atoms with Crippen molar-refractivity contribution in [1.29, 1.82) is 0 Å². The van der Waals surface area contributed by atoms with E-state index in [2.05, 4.69) is 0 Å². The summed E-state index contributed by atoms with van der Waals surface area (Å²) in [6, 6.07) is 21.0. The van der Waals surface area contributed by atoms with Crippen molar-refractivity contribution < 1.29 is 18.7 Å². The van der Waals surface area contributed by atoms with Gasteiger partial charge in [-0.15, -0.1) is 0 Å². The molecule has 33 heavy (non-hydrogen) atoms. The Bertz CT molecular complexity index is 1170. The minimum absolute atomic E-state index is 0.0243. The molecular formula is C27H27FN2O3. The van der Waals surface area contributed by atoms with Gasteiger partial charge in [-0.2, -0.15) is 0 Å². The van der Waals surface area contributed by atoms with Gasteiger partial charge in [-0.25, -0.2) is 4.39 Å². The van der Waals surface area contributed by atoms with E-state index in [4.69, 9.17) is 4.74 Å². The maximum absolute atomic E-state index is 13.9.